The van der Waals surface area contributed by atoms with Crippen molar-refractivity contribution in [1.29, 1.82) is 0 Å². The van der Waals surface area contributed by atoms with E-state index in [4.69, 9.17) is 22.3 Å². The molecule has 0 N–H and O–H groups in total. The van der Waals surface area contributed by atoms with Crippen molar-refractivity contribution in [3.05, 3.63) is 35.1 Å². The summed E-state index contributed by atoms with van der Waals surface area (Å²) < 4.78 is 22.1. The van der Waals surface area contributed by atoms with E-state index in [-0.39, 0.29) is 4.90 Å². The lowest BCUT2D eigenvalue weighted by Crippen LogP contribution is -1.99. The number of halogens is 2. The first-order chi connectivity index (χ1) is 7.88. The lowest BCUT2D eigenvalue weighted by Gasteiger charge is -2.00. The van der Waals surface area contributed by atoms with Gasteiger partial charge in [-0.2, -0.15) is 5.10 Å². The van der Waals surface area contributed by atoms with Crippen molar-refractivity contribution in [1.82, 2.24) is 15.0 Å². The Morgan fingerprint density at radius 1 is 1.18 bits per heavy atom. The molecule has 1 aromatic heterocycles. The number of aromatic nitrogens is 3. The molecule has 2 aromatic rings. The average Bonchev–Trinajstić information content (AvgIpc) is 2.58. The summed E-state index contributed by atoms with van der Waals surface area (Å²) in [5.41, 5.74) is 1.20. The van der Waals surface area contributed by atoms with Crippen LogP contribution in [0.2, 0.25) is 5.15 Å². The first kappa shape index (κ1) is 12.3. The molecular formula is C9H7Cl2N3O2S. The van der Waals surface area contributed by atoms with Crippen LogP contribution in [0.3, 0.4) is 0 Å². The Kier molecular flexibility index (Phi) is 3.11. The Bertz CT molecular complexity index is 630. The fourth-order valence-electron chi connectivity index (χ4n) is 1.22. The highest BCUT2D eigenvalue weighted by atomic mass is 35.7. The summed E-state index contributed by atoms with van der Waals surface area (Å²) in [5.74, 6) is 0. The van der Waals surface area contributed by atoms with Crippen molar-refractivity contribution in [3.8, 4) is 5.69 Å². The van der Waals surface area contributed by atoms with E-state index in [1.165, 1.54) is 16.9 Å². The molecule has 0 amide bonds. The van der Waals surface area contributed by atoms with Crippen LogP contribution in [0, 0.1) is 6.92 Å². The van der Waals surface area contributed by atoms with Gasteiger partial charge in [-0.1, -0.05) is 11.6 Å². The highest BCUT2D eigenvalue weighted by molar-refractivity contribution is 8.13. The first-order valence-corrected chi connectivity index (χ1v) is 7.21. The van der Waals surface area contributed by atoms with E-state index in [9.17, 15) is 8.42 Å². The molecule has 0 fully saturated rings. The maximum atomic E-state index is 11.0. The van der Waals surface area contributed by atoms with Crippen molar-refractivity contribution < 1.29 is 8.42 Å². The molecule has 0 unspecified atom stereocenters. The van der Waals surface area contributed by atoms with Crippen LogP contribution in [0.4, 0.5) is 0 Å². The van der Waals surface area contributed by atoms with Crippen LogP contribution in [0.1, 0.15) is 5.69 Å². The monoisotopic (exact) mass is 291 g/mol. The van der Waals surface area contributed by atoms with Gasteiger partial charge in [-0.15, -0.1) is 9.90 Å². The third kappa shape index (κ3) is 2.59. The molecule has 0 bridgehead atoms. The molecule has 5 nitrogen and oxygen atoms in total. The molecule has 8 heteroatoms. The quantitative estimate of drug-likeness (QED) is 0.796. The highest BCUT2D eigenvalue weighted by Gasteiger charge is 2.11. The summed E-state index contributed by atoms with van der Waals surface area (Å²) in [4.78, 5) is 1.35. The van der Waals surface area contributed by atoms with Gasteiger partial charge in [0.1, 0.15) is 0 Å². The third-order valence-corrected chi connectivity index (χ3v) is 3.79. The van der Waals surface area contributed by atoms with Crippen LogP contribution in [0.5, 0.6) is 0 Å². The second kappa shape index (κ2) is 4.29. The predicted octanol–water partition coefficient (Wildman–Crippen LogP) is 2.16. The zero-order chi connectivity index (χ0) is 12.6. The molecule has 1 heterocycles. The fraction of sp³-hybridized carbons (Fsp3) is 0.111. The van der Waals surface area contributed by atoms with E-state index in [0.29, 0.717) is 16.5 Å². The van der Waals surface area contributed by atoms with Gasteiger partial charge in [0.2, 0.25) is 0 Å². The van der Waals surface area contributed by atoms with Crippen molar-refractivity contribution in [2.45, 2.75) is 11.8 Å². The number of hydrogen-bond acceptors (Lipinski definition) is 4. The Morgan fingerprint density at radius 3 is 2.18 bits per heavy atom. The molecule has 0 aliphatic rings. The lowest BCUT2D eigenvalue weighted by atomic mass is 10.3. The molecule has 2 rings (SSSR count). The van der Waals surface area contributed by atoms with Gasteiger partial charge in [0.15, 0.2) is 5.15 Å². The normalized spacial score (nSPS) is 11.7. The van der Waals surface area contributed by atoms with Gasteiger partial charge < -0.3 is 0 Å². The van der Waals surface area contributed by atoms with Gasteiger partial charge in [-0.25, -0.2) is 8.42 Å². The molecule has 0 saturated carbocycles. The number of aryl methyl sites for hydroxylation is 1. The van der Waals surface area contributed by atoms with Crippen molar-refractivity contribution in [2.75, 3.05) is 0 Å². The van der Waals surface area contributed by atoms with E-state index in [1.54, 1.807) is 19.1 Å². The van der Waals surface area contributed by atoms with E-state index in [1.807, 2.05) is 0 Å². The number of benzene rings is 1. The van der Waals surface area contributed by atoms with Gasteiger partial charge in [-0.05, 0) is 31.2 Å². The van der Waals surface area contributed by atoms with E-state index >= 15 is 0 Å². The van der Waals surface area contributed by atoms with Crippen molar-refractivity contribution in [3.63, 3.8) is 0 Å². The predicted molar refractivity (Wildman–Crippen MR) is 64.1 cm³/mol. The Hall–Kier alpha value is -1.11. The highest BCUT2D eigenvalue weighted by Crippen LogP contribution is 2.17. The number of nitrogens with zero attached hydrogens (tertiary/aromatic N) is 3. The minimum Gasteiger partial charge on any atom is -0.207 e. The largest absolute Gasteiger partial charge is 0.261 e. The maximum absolute atomic E-state index is 11.0. The molecule has 0 radical (unpaired) electrons. The molecule has 0 spiro atoms. The summed E-state index contributed by atoms with van der Waals surface area (Å²) in [7, 11) is 1.49. The second-order valence-corrected chi connectivity index (χ2v) is 6.22. The summed E-state index contributed by atoms with van der Waals surface area (Å²) in [6.07, 6.45) is 0. The van der Waals surface area contributed by atoms with Crippen LogP contribution in [0.15, 0.2) is 29.2 Å². The van der Waals surface area contributed by atoms with Gasteiger partial charge in [0.05, 0.1) is 16.3 Å². The van der Waals surface area contributed by atoms with Crippen LogP contribution in [0.25, 0.3) is 5.69 Å². The smallest absolute Gasteiger partial charge is 0.207 e. The molecule has 0 aliphatic carbocycles. The summed E-state index contributed by atoms with van der Waals surface area (Å²) in [5, 5.41) is 8.33. The number of rotatable bonds is 2. The average molecular weight is 292 g/mol. The minimum atomic E-state index is -3.71. The summed E-state index contributed by atoms with van der Waals surface area (Å²) in [6.45, 7) is 1.73. The zero-order valence-corrected chi connectivity index (χ0v) is 11.0. The van der Waals surface area contributed by atoms with Crippen LogP contribution in [-0.4, -0.2) is 23.4 Å². The maximum Gasteiger partial charge on any atom is 0.261 e. The first-order valence-electron chi connectivity index (χ1n) is 4.52. The van der Waals surface area contributed by atoms with Crippen LogP contribution in [-0.2, 0) is 9.05 Å². The topological polar surface area (TPSA) is 64.8 Å². The Morgan fingerprint density at radius 2 is 1.76 bits per heavy atom. The van der Waals surface area contributed by atoms with Gasteiger partial charge in [-0.3, -0.25) is 0 Å². The van der Waals surface area contributed by atoms with Crippen molar-refractivity contribution >= 4 is 31.3 Å². The molecular weight excluding hydrogens is 285 g/mol. The van der Waals surface area contributed by atoms with Gasteiger partial charge in [0.25, 0.3) is 9.05 Å². The standard InChI is InChI=1S/C9H7Cl2N3O2S/c1-6-9(10)13-14(12-6)7-2-4-8(5-3-7)17(11,15)16/h2-5H,1H3. The SMILES string of the molecule is Cc1nn(-c2ccc(S(=O)(=O)Cl)cc2)nc1Cl. The summed E-state index contributed by atoms with van der Waals surface area (Å²) >= 11 is 5.77. The fourth-order valence-corrected chi connectivity index (χ4v) is 2.10. The molecule has 90 valence electrons. The molecule has 17 heavy (non-hydrogen) atoms. The lowest BCUT2D eigenvalue weighted by molar-refractivity contribution is 0.609. The number of hydrogen-bond donors (Lipinski definition) is 0. The third-order valence-electron chi connectivity index (χ3n) is 2.07. The van der Waals surface area contributed by atoms with Crippen LogP contribution >= 0.6 is 22.3 Å². The molecule has 1 aromatic carbocycles. The van der Waals surface area contributed by atoms with Crippen LogP contribution < -0.4 is 0 Å². The summed E-state index contributed by atoms with van der Waals surface area (Å²) in [6, 6.07) is 5.85. The van der Waals surface area contributed by atoms with E-state index in [0.717, 1.165) is 0 Å². The van der Waals surface area contributed by atoms with E-state index < -0.39 is 9.05 Å². The minimum absolute atomic E-state index is 0.0258. The Balaban J connectivity index is 2.42. The Labute approximate surface area is 107 Å². The molecule has 0 atom stereocenters. The van der Waals surface area contributed by atoms with E-state index in [2.05, 4.69) is 10.2 Å². The zero-order valence-electron chi connectivity index (χ0n) is 8.63. The molecule has 0 saturated heterocycles. The molecule has 0 aliphatic heterocycles. The van der Waals surface area contributed by atoms with Gasteiger partial charge in [0, 0.05) is 10.7 Å². The van der Waals surface area contributed by atoms with Crippen molar-refractivity contribution in [2.24, 2.45) is 0 Å². The van der Waals surface area contributed by atoms with Gasteiger partial charge >= 0.3 is 0 Å². The second-order valence-electron chi connectivity index (χ2n) is 3.30.